The molecule has 1 heterocycles. The predicted octanol–water partition coefficient (Wildman–Crippen LogP) is 2.27. The van der Waals surface area contributed by atoms with Gasteiger partial charge in [-0.25, -0.2) is 0 Å². The molecule has 0 aromatic rings. The molecule has 0 N–H and O–H groups in total. The number of piperazine rings is 1. The molecule has 0 aliphatic carbocycles. The van der Waals surface area contributed by atoms with Crippen molar-refractivity contribution in [3.05, 3.63) is 0 Å². The topological polar surface area (TPSA) is 6.48 Å². The van der Waals surface area contributed by atoms with Crippen molar-refractivity contribution >= 4 is 16.5 Å². The minimum Gasteiger partial charge on any atom is -0.321 e. The van der Waals surface area contributed by atoms with Crippen LogP contribution in [-0.2, 0) is 0 Å². The van der Waals surface area contributed by atoms with Gasteiger partial charge in [0.25, 0.3) is 0 Å². The van der Waals surface area contributed by atoms with Gasteiger partial charge in [0.1, 0.15) is 16.5 Å². The molecular weight excluding hydrogens is 204 g/mol. The van der Waals surface area contributed by atoms with Gasteiger partial charge in [0.05, 0.1) is 0 Å². The fourth-order valence-electron chi connectivity index (χ4n) is 2.05. The van der Waals surface area contributed by atoms with Gasteiger partial charge < -0.3 is 9.13 Å². The number of rotatable bonds is 2. The Morgan fingerprint density at radius 3 is 0.929 bits per heavy atom. The van der Waals surface area contributed by atoms with Gasteiger partial charge in [-0.3, -0.25) is 0 Å². The molecule has 0 radical (unpaired) electrons. The molecule has 14 heavy (non-hydrogen) atoms. The van der Waals surface area contributed by atoms with Crippen molar-refractivity contribution < 1.29 is 0 Å². The van der Waals surface area contributed by atoms with Crippen LogP contribution in [0.4, 0.5) is 0 Å². The molecule has 0 unspecified atom stereocenters. The van der Waals surface area contributed by atoms with Crippen molar-refractivity contribution in [3.8, 4) is 0 Å². The normalized spacial score (nSPS) is 22.7. The molecule has 0 aromatic heterocycles. The molecule has 0 atom stereocenters. The van der Waals surface area contributed by atoms with Crippen molar-refractivity contribution in [2.24, 2.45) is 0 Å². The van der Waals surface area contributed by atoms with Gasteiger partial charge in [-0.1, -0.05) is 39.3 Å². The highest BCUT2D eigenvalue weighted by Gasteiger charge is 2.31. The zero-order valence-electron chi connectivity index (χ0n) is 10.7. The van der Waals surface area contributed by atoms with E-state index in [1.807, 2.05) is 0 Å². The van der Waals surface area contributed by atoms with Gasteiger partial charge in [0.15, 0.2) is 0 Å². The van der Waals surface area contributed by atoms with E-state index < -0.39 is 16.5 Å². The standard InChI is InChI=1S/C10H26N2Si2/c1-13(2,3)11-7-9-12(10-8-11)14(4,5)6/h7-10H2,1-6H3. The summed E-state index contributed by atoms with van der Waals surface area (Å²) < 4.78 is 5.48. The van der Waals surface area contributed by atoms with Crippen LogP contribution in [0.15, 0.2) is 0 Å². The fraction of sp³-hybridized carbons (Fsp3) is 1.00. The highest BCUT2D eigenvalue weighted by molar-refractivity contribution is 6.74. The summed E-state index contributed by atoms with van der Waals surface area (Å²) in [6.45, 7) is 20.0. The molecule has 1 aliphatic rings. The molecule has 1 saturated heterocycles. The molecule has 0 amide bonds. The van der Waals surface area contributed by atoms with Crippen LogP contribution in [-0.4, -0.2) is 51.8 Å². The number of hydrogen-bond acceptors (Lipinski definition) is 2. The summed E-state index contributed by atoms with van der Waals surface area (Å²) in [5.41, 5.74) is 0. The average molecular weight is 231 g/mol. The fourth-order valence-corrected chi connectivity index (χ4v) is 5.13. The monoisotopic (exact) mass is 230 g/mol. The third kappa shape index (κ3) is 3.19. The quantitative estimate of drug-likeness (QED) is 0.672. The van der Waals surface area contributed by atoms with Gasteiger partial charge >= 0.3 is 0 Å². The van der Waals surface area contributed by atoms with Crippen LogP contribution in [0.3, 0.4) is 0 Å². The summed E-state index contributed by atoms with van der Waals surface area (Å²) in [4.78, 5) is 0. The van der Waals surface area contributed by atoms with Gasteiger partial charge in [-0.15, -0.1) is 0 Å². The lowest BCUT2D eigenvalue weighted by atomic mass is 10.4. The second kappa shape index (κ2) is 4.08. The zero-order chi connectivity index (χ0) is 11.0. The van der Waals surface area contributed by atoms with Crippen molar-refractivity contribution in [3.63, 3.8) is 0 Å². The van der Waals surface area contributed by atoms with Crippen LogP contribution < -0.4 is 0 Å². The SMILES string of the molecule is C[Si](C)(C)N1CCN([Si](C)(C)C)CC1. The summed E-state index contributed by atoms with van der Waals surface area (Å²) in [6.07, 6.45) is 0. The second-order valence-electron chi connectivity index (χ2n) is 6.32. The molecule has 0 bridgehead atoms. The lowest BCUT2D eigenvalue weighted by molar-refractivity contribution is 0.263. The van der Waals surface area contributed by atoms with Crippen LogP contribution in [0.25, 0.3) is 0 Å². The van der Waals surface area contributed by atoms with Crippen LogP contribution in [0, 0.1) is 0 Å². The first-order valence-corrected chi connectivity index (χ1v) is 12.6. The Kier molecular flexibility index (Phi) is 3.62. The second-order valence-corrected chi connectivity index (χ2v) is 16.3. The van der Waals surface area contributed by atoms with Gasteiger partial charge in [-0.05, 0) is 0 Å². The third-order valence-corrected chi connectivity index (χ3v) is 7.87. The first kappa shape index (κ1) is 12.4. The van der Waals surface area contributed by atoms with Crippen molar-refractivity contribution in [2.45, 2.75) is 39.3 Å². The van der Waals surface area contributed by atoms with E-state index in [2.05, 4.69) is 48.4 Å². The Hall–Kier alpha value is 0.354. The third-order valence-electron chi connectivity index (χ3n) is 3.18. The van der Waals surface area contributed by atoms with E-state index in [-0.39, 0.29) is 0 Å². The van der Waals surface area contributed by atoms with Crippen molar-refractivity contribution in [2.75, 3.05) is 26.2 Å². The minimum atomic E-state index is -1.02. The molecule has 84 valence electrons. The molecule has 4 heteroatoms. The van der Waals surface area contributed by atoms with Crippen molar-refractivity contribution in [1.82, 2.24) is 9.13 Å². The Balaban J connectivity index is 2.47. The Bertz CT molecular complexity index is 163. The van der Waals surface area contributed by atoms with E-state index in [4.69, 9.17) is 0 Å². The van der Waals surface area contributed by atoms with E-state index in [0.717, 1.165) is 0 Å². The Morgan fingerprint density at radius 2 is 0.786 bits per heavy atom. The van der Waals surface area contributed by atoms with E-state index in [9.17, 15) is 0 Å². The first-order chi connectivity index (χ1) is 6.21. The maximum Gasteiger partial charge on any atom is 0.119 e. The molecule has 2 nitrogen and oxygen atoms in total. The summed E-state index contributed by atoms with van der Waals surface area (Å²) in [7, 11) is -2.05. The lowest BCUT2D eigenvalue weighted by Gasteiger charge is -2.45. The predicted molar refractivity (Wildman–Crippen MR) is 69.8 cm³/mol. The molecule has 0 aromatic carbocycles. The van der Waals surface area contributed by atoms with E-state index in [1.165, 1.54) is 26.2 Å². The summed E-state index contributed by atoms with van der Waals surface area (Å²) in [6, 6.07) is 0. The van der Waals surface area contributed by atoms with Gasteiger partial charge in [-0.2, -0.15) is 0 Å². The maximum atomic E-state index is 2.74. The molecular formula is C10H26N2Si2. The maximum absolute atomic E-state index is 2.74. The average Bonchev–Trinajstić information content (AvgIpc) is 2.01. The molecule has 1 rings (SSSR count). The minimum absolute atomic E-state index is 1.02. The van der Waals surface area contributed by atoms with Crippen LogP contribution >= 0.6 is 0 Å². The van der Waals surface area contributed by atoms with E-state index in [1.54, 1.807) is 0 Å². The summed E-state index contributed by atoms with van der Waals surface area (Å²) in [5, 5.41) is 0. The largest absolute Gasteiger partial charge is 0.321 e. The Labute approximate surface area is 91.5 Å². The summed E-state index contributed by atoms with van der Waals surface area (Å²) >= 11 is 0. The van der Waals surface area contributed by atoms with Crippen molar-refractivity contribution in [1.29, 1.82) is 0 Å². The van der Waals surface area contributed by atoms with Crippen LogP contribution in [0.5, 0.6) is 0 Å². The number of hydrogen-bond donors (Lipinski definition) is 0. The molecule has 1 fully saturated rings. The van der Waals surface area contributed by atoms with Crippen LogP contribution in [0.1, 0.15) is 0 Å². The van der Waals surface area contributed by atoms with Crippen LogP contribution in [0.2, 0.25) is 39.3 Å². The highest BCUT2D eigenvalue weighted by Crippen LogP contribution is 2.17. The van der Waals surface area contributed by atoms with E-state index in [0.29, 0.717) is 0 Å². The Morgan fingerprint density at radius 1 is 0.571 bits per heavy atom. The van der Waals surface area contributed by atoms with Gasteiger partial charge in [0, 0.05) is 26.2 Å². The number of nitrogens with zero attached hydrogens (tertiary/aromatic N) is 2. The molecule has 0 saturated carbocycles. The molecule has 1 aliphatic heterocycles. The van der Waals surface area contributed by atoms with E-state index >= 15 is 0 Å². The smallest absolute Gasteiger partial charge is 0.119 e. The lowest BCUT2D eigenvalue weighted by Crippen LogP contribution is -2.60. The highest BCUT2D eigenvalue weighted by atomic mass is 28.3. The molecule has 0 spiro atoms. The first-order valence-electron chi connectivity index (χ1n) is 5.71. The van der Waals surface area contributed by atoms with Gasteiger partial charge in [0.2, 0.25) is 0 Å². The summed E-state index contributed by atoms with van der Waals surface area (Å²) in [5.74, 6) is 0. The zero-order valence-corrected chi connectivity index (χ0v) is 12.7.